The van der Waals surface area contributed by atoms with Crippen molar-refractivity contribution in [2.45, 2.75) is 0 Å². The molecule has 0 aromatic carbocycles. The van der Waals surface area contributed by atoms with Gasteiger partial charge in [0.25, 0.3) is 0 Å². The second kappa shape index (κ2) is 9.10. The molecule has 4 heavy (non-hydrogen) atoms. The van der Waals surface area contributed by atoms with E-state index < -0.39 is 9.03 Å². The van der Waals surface area contributed by atoms with Crippen molar-refractivity contribution in [3.05, 3.63) is 0 Å². The molecule has 2 N–H and O–H groups in total. The van der Waals surface area contributed by atoms with E-state index in [0.717, 1.165) is 0 Å². The number of hydrogen-bond acceptors (Lipinski definition) is 2. The van der Waals surface area contributed by atoms with Crippen LogP contribution in [-0.2, 0) is 0 Å². The van der Waals surface area contributed by atoms with Gasteiger partial charge in [-0.1, -0.05) is 0 Å². The molecule has 0 atom stereocenters. The molecule has 0 aromatic heterocycles. The fraction of sp³-hybridized carbons (Fsp3) is 0. The van der Waals surface area contributed by atoms with E-state index in [4.69, 9.17) is 9.79 Å². The van der Waals surface area contributed by atoms with Crippen molar-refractivity contribution in [2.75, 3.05) is 0 Å². The molecule has 0 aromatic rings. The maximum Gasteiger partial charge on any atom is 0.187 e. The number of hydrogen-bond donors (Lipinski definition) is 2. The van der Waals surface area contributed by atoms with Gasteiger partial charge < -0.3 is 9.79 Å². The summed E-state index contributed by atoms with van der Waals surface area (Å²) >= 11 is 0. The van der Waals surface area contributed by atoms with Gasteiger partial charge in [0.1, 0.15) is 9.03 Å². The third-order valence-electron chi connectivity index (χ3n) is 0. The molecule has 0 bridgehead atoms. The van der Waals surface area contributed by atoms with E-state index in [1.807, 2.05) is 0 Å². The van der Waals surface area contributed by atoms with Crippen LogP contribution < -0.4 is 0 Å². The Labute approximate surface area is 36.9 Å². The van der Waals surface area contributed by atoms with Gasteiger partial charge in [0.05, 0.1) is 0 Å². The molecular weight excluding hydrogens is 90.0 g/mol. The van der Waals surface area contributed by atoms with Gasteiger partial charge >= 0.3 is 0 Å². The molecule has 0 amide bonds. The average molecular weight is 96.0 g/mol. The van der Waals surface area contributed by atoms with Crippen molar-refractivity contribution < 1.29 is 9.79 Å². The highest BCUT2D eigenvalue weighted by Crippen LogP contribution is 1.81. The summed E-state index contributed by atoms with van der Waals surface area (Å²) in [6.07, 6.45) is 0. The first-order valence-electron chi connectivity index (χ1n) is 0.447. The van der Waals surface area contributed by atoms with Crippen molar-refractivity contribution in [1.82, 2.24) is 0 Å². The minimum absolute atomic E-state index is 0. The van der Waals surface area contributed by atoms with Crippen LogP contribution in [-0.4, -0.2) is 27.1 Å². The van der Waals surface area contributed by atoms with Crippen LogP contribution in [0.2, 0.25) is 0 Å². The zero-order chi connectivity index (χ0) is 2.71. The van der Waals surface area contributed by atoms with Gasteiger partial charge in [-0.15, -0.1) is 0 Å². The predicted octanol–water partition coefficient (Wildman–Crippen LogP) is -1.70. The highest BCUT2D eigenvalue weighted by molar-refractivity contribution is 7.23. The summed E-state index contributed by atoms with van der Waals surface area (Å²) in [6, 6.07) is 0. The Morgan fingerprint density at radius 2 is 1.25 bits per heavy atom. The zero-order valence-electron chi connectivity index (χ0n) is 1.39. The highest BCUT2D eigenvalue weighted by Gasteiger charge is 1.34. The second-order valence-corrected chi connectivity index (χ2v) is 0.300. The SMILES string of the molecule is OPO.[AlH3]. The van der Waals surface area contributed by atoms with Crippen LogP contribution in [0.1, 0.15) is 0 Å². The third kappa shape index (κ3) is 13.1. The van der Waals surface area contributed by atoms with Crippen LogP contribution in [0.5, 0.6) is 0 Å². The molecule has 0 saturated heterocycles. The summed E-state index contributed by atoms with van der Waals surface area (Å²) in [7, 11) is -0.917. The summed E-state index contributed by atoms with van der Waals surface area (Å²) in [5.41, 5.74) is 0. The molecule has 0 heterocycles. The highest BCUT2D eigenvalue weighted by atomic mass is 31.1. The van der Waals surface area contributed by atoms with Gasteiger partial charge in [0.15, 0.2) is 17.4 Å². The first-order chi connectivity index (χ1) is 1.41. The second-order valence-electron chi connectivity index (χ2n) is 0.100. The van der Waals surface area contributed by atoms with Crippen molar-refractivity contribution >= 4 is 26.4 Å². The normalized spacial score (nSPS) is 4.50. The molecule has 26 valence electrons. The van der Waals surface area contributed by atoms with Crippen LogP contribution in [0.25, 0.3) is 0 Å². The van der Waals surface area contributed by atoms with Crippen LogP contribution in [0.15, 0.2) is 0 Å². The lowest BCUT2D eigenvalue weighted by Crippen LogP contribution is -1.24. The van der Waals surface area contributed by atoms with Crippen molar-refractivity contribution in [2.24, 2.45) is 0 Å². The van der Waals surface area contributed by atoms with E-state index in [2.05, 4.69) is 0 Å². The summed E-state index contributed by atoms with van der Waals surface area (Å²) in [5, 5.41) is 0. The summed E-state index contributed by atoms with van der Waals surface area (Å²) in [6.45, 7) is 0. The molecule has 0 aliphatic rings. The van der Waals surface area contributed by atoms with Gasteiger partial charge in [0, 0.05) is 0 Å². The summed E-state index contributed by atoms with van der Waals surface area (Å²) in [4.78, 5) is 14.3. The smallest absolute Gasteiger partial charge is 0.187 e. The van der Waals surface area contributed by atoms with E-state index >= 15 is 0 Å². The zero-order valence-corrected chi connectivity index (χ0v) is 2.39. The standard InChI is InChI=1S/Al.H3O2P.3H/c;1-3-2;;;/h;1-3H;;;. The molecule has 4 heteroatoms. The van der Waals surface area contributed by atoms with E-state index in [9.17, 15) is 0 Å². The molecule has 0 rings (SSSR count). The Balaban J connectivity index is 0. The summed E-state index contributed by atoms with van der Waals surface area (Å²) in [5.74, 6) is 0. The number of rotatable bonds is 0. The van der Waals surface area contributed by atoms with E-state index in [1.165, 1.54) is 0 Å². The Morgan fingerprint density at radius 1 is 1.25 bits per heavy atom. The van der Waals surface area contributed by atoms with Crippen molar-refractivity contribution in [1.29, 1.82) is 0 Å². The van der Waals surface area contributed by atoms with Crippen molar-refractivity contribution in [3.63, 3.8) is 0 Å². The van der Waals surface area contributed by atoms with E-state index in [0.29, 0.717) is 0 Å². The van der Waals surface area contributed by atoms with Crippen LogP contribution >= 0.6 is 9.03 Å². The quantitative estimate of drug-likeness (QED) is 0.278. The fourth-order valence-electron chi connectivity index (χ4n) is 0. The molecule has 0 aliphatic heterocycles. The molecule has 0 saturated carbocycles. The predicted molar refractivity (Wildman–Crippen MR) is 22.7 cm³/mol. The van der Waals surface area contributed by atoms with Gasteiger partial charge in [-0.3, -0.25) is 0 Å². The van der Waals surface area contributed by atoms with Gasteiger partial charge in [-0.25, -0.2) is 0 Å². The lowest BCUT2D eigenvalue weighted by molar-refractivity contribution is 0.513. The molecule has 0 unspecified atom stereocenters. The maximum atomic E-state index is 7.15. The Morgan fingerprint density at radius 3 is 1.25 bits per heavy atom. The average Bonchev–Trinajstić information content (AvgIpc) is 0.918. The molecule has 0 spiro atoms. The van der Waals surface area contributed by atoms with Gasteiger partial charge in [-0.05, 0) is 0 Å². The minimum Gasteiger partial charge on any atom is -0.352 e. The van der Waals surface area contributed by atoms with Gasteiger partial charge in [-0.2, -0.15) is 0 Å². The minimum atomic E-state index is -0.917. The Hall–Kier alpha value is 0.882. The van der Waals surface area contributed by atoms with Gasteiger partial charge in [0.2, 0.25) is 0 Å². The molecule has 0 fully saturated rings. The van der Waals surface area contributed by atoms with Crippen LogP contribution in [0.3, 0.4) is 0 Å². The lowest BCUT2D eigenvalue weighted by Gasteiger charge is -1.54. The third-order valence-corrected chi connectivity index (χ3v) is 0. The Kier molecular flexibility index (Phi) is 20.2. The maximum absolute atomic E-state index is 7.15. The van der Waals surface area contributed by atoms with E-state index in [1.54, 1.807) is 0 Å². The molecule has 0 radical (unpaired) electrons. The first-order valence-corrected chi connectivity index (χ1v) is 1.34. The van der Waals surface area contributed by atoms with Crippen molar-refractivity contribution in [3.8, 4) is 0 Å². The molecular formula is H6AlO2P. The monoisotopic (exact) mass is 96.0 g/mol. The fourth-order valence-corrected chi connectivity index (χ4v) is 0. The lowest BCUT2D eigenvalue weighted by atomic mass is 15.9. The molecule has 2 nitrogen and oxygen atoms in total. The topological polar surface area (TPSA) is 40.5 Å². The molecule has 0 aliphatic carbocycles. The Bertz CT molecular complexity index is 6.00. The first kappa shape index (κ1) is 8.86. The van der Waals surface area contributed by atoms with Crippen LogP contribution in [0.4, 0.5) is 0 Å². The summed E-state index contributed by atoms with van der Waals surface area (Å²) < 4.78 is 0. The van der Waals surface area contributed by atoms with Crippen LogP contribution in [0, 0.1) is 0 Å². The van der Waals surface area contributed by atoms with E-state index in [-0.39, 0.29) is 17.4 Å². The largest absolute Gasteiger partial charge is 0.352 e.